The van der Waals surface area contributed by atoms with E-state index in [2.05, 4.69) is 30.0 Å². The van der Waals surface area contributed by atoms with Crippen molar-refractivity contribution in [1.82, 2.24) is 0 Å². The Labute approximate surface area is 95.8 Å². The molecule has 0 saturated carbocycles. The van der Waals surface area contributed by atoms with Crippen molar-refractivity contribution >= 4 is 0 Å². The minimum absolute atomic E-state index is 0.293. The first kappa shape index (κ1) is 11.2. The number of benzene rings is 1. The summed E-state index contributed by atoms with van der Waals surface area (Å²) < 4.78 is 12.0. The fourth-order valence-corrected chi connectivity index (χ4v) is 2.10. The lowest BCUT2D eigenvalue weighted by Gasteiger charge is -2.04. The summed E-state index contributed by atoms with van der Waals surface area (Å²) in [6, 6.07) is 8.06. The number of halogens is 1. The maximum absolute atomic E-state index is 12.0. The number of fused-ring (bicyclic) bond motifs is 1. The van der Waals surface area contributed by atoms with Crippen molar-refractivity contribution in [2.24, 2.45) is 5.73 Å². The minimum atomic E-state index is -0.392. The highest BCUT2D eigenvalue weighted by Crippen LogP contribution is 2.31. The van der Waals surface area contributed by atoms with Crippen LogP contribution in [0.5, 0.6) is 0 Å². The number of nitrogens with two attached hydrogens (primary N) is 1. The Morgan fingerprint density at radius 3 is 3.06 bits per heavy atom. The van der Waals surface area contributed by atoms with E-state index < -0.39 is 6.67 Å². The molecule has 0 bridgehead atoms. The van der Waals surface area contributed by atoms with Gasteiger partial charge in [0.15, 0.2) is 0 Å². The lowest BCUT2D eigenvalue weighted by atomic mass is 10.0. The van der Waals surface area contributed by atoms with Crippen LogP contribution in [0.4, 0.5) is 4.39 Å². The Morgan fingerprint density at radius 2 is 2.25 bits per heavy atom. The van der Waals surface area contributed by atoms with E-state index >= 15 is 0 Å². The summed E-state index contributed by atoms with van der Waals surface area (Å²) in [5.74, 6) is 6.43. The second-order valence-electron chi connectivity index (χ2n) is 4.16. The molecule has 0 saturated heterocycles. The van der Waals surface area contributed by atoms with Gasteiger partial charge in [-0.15, -0.1) is 0 Å². The minimum Gasteiger partial charge on any atom is -0.318 e. The predicted molar refractivity (Wildman–Crippen MR) is 63.8 cm³/mol. The summed E-state index contributed by atoms with van der Waals surface area (Å²) in [6.45, 7) is -0.392. The standard InChI is InChI=1S/C14H16FN/c15-10-9-13(16)8-7-12-6-5-11-3-1-2-4-14(11)12/h1-4,12-13H,5-6,9-10,16H2. The van der Waals surface area contributed by atoms with Gasteiger partial charge in [0.05, 0.1) is 12.7 Å². The molecule has 0 aromatic heterocycles. The zero-order valence-electron chi connectivity index (χ0n) is 9.25. The first-order valence-corrected chi connectivity index (χ1v) is 5.71. The molecule has 16 heavy (non-hydrogen) atoms. The summed E-state index contributed by atoms with van der Waals surface area (Å²) >= 11 is 0. The fourth-order valence-electron chi connectivity index (χ4n) is 2.10. The van der Waals surface area contributed by atoms with Crippen LogP contribution in [0.25, 0.3) is 0 Å². The van der Waals surface area contributed by atoms with E-state index in [1.165, 1.54) is 11.1 Å². The first-order chi connectivity index (χ1) is 7.81. The van der Waals surface area contributed by atoms with Crippen molar-refractivity contribution in [3.8, 4) is 11.8 Å². The van der Waals surface area contributed by atoms with E-state index in [1.54, 1.807) is 0 Å². The Kier molecular flexibility index (Phi) is 3.58. The third-order valence-corrected chi connectivity index (χ3v) is 3.00. The third kappa shape index (κ3) is 2.43. The van der Waals surface area contributed by atoms with Gasteiger partial charge in [-0.25, -0.2) is 0 Å². The van der Waals surface area contributed by atoms with Gasteiger partial charge >= 0.3 is 0 Å². The van der Waals surface area contributed by atoms with Crippen molar-refractivity contribution in [2.45, 2.75) is 31.2 Å². The van der Waals surface area contributed by atoms with E-state index in [-0.39, 0.29) is 6.04 Å². The van der Waals surface area contributed by atoms with E-state index in [0.29, 0.717) is 12.3 Å². The van der Waals surface area contributed by atoms with Gasteiger partial charge in [0, 0.05) is 12.3 Å². The van der Waals surface area contributed by atoms with Crippen molar-refractivity contribution in [2.75, 3.05) is 6.67 Å². The van der Waals surface area contributed by atoms with Crippen LogP contribution < -0.4 is 5.73 Å². The molecule has 1 aromatic rings. The quantitative estimate of drug-likeness (QED) is 0.756. The van der Waals surface area contributed by atoms with E-state index in [9.17, 15) is 4.39 Å². The smallest absolute Gasteiger partial charge is 0.0918 e. The molecule has 0 aliphatic heterocycles. The molecule has 0 radical (unpaired) electrons. The molecule has 2 N–H and O–H groups in total. The first-order valence-electron chi connectivity index (χ1n) is 5.71. The van der Waals surface area contributed by atoms with Crippen LogP contribution in [0, 0.1) is 11.8 Å². The molecule has 2 atom stereocenters. The molecule has 2 unspecified atom stereocenters. The Morgan fingerprint density at radius 1 is 1.44 bits per heavy atom. The molecule has 1 aliphatic carbocycles. The predicted octanol–water partition coefficient (Wildman–Crippen LogP) is 2.41. The van der Waals surface area contributed by atoms with Crippen LogP contribution in [-0.4, -0.2) is 12.7 Å². The lowest BCUT2D eigenvalue weighted by molar-refractivity contribution is 0.461. The molecule has 1 aromatic carbocycles. The SMILES string of the molecule is NC(C#CC1CCc2ccccc21)CCF. The van der Waals surface area contributed by atoms with Crippen LogP contribution in [-0.2, 0) is 6.42 Å². The highest BCUT2D eigenvalue weighted by atomic mass is 19.1. The fraction of sp³-hybridized carbons (Fsp3) is 0.429. The molecule has 0 fully saturated rings. The average Bonchev–Trinajstić information content (AvgIpc) is 2.70. The number of rotatable bonds is 2. The molecule has 0 heterocycles. The maximum Gasteiger partial charge on any atom is 0.0918 e. The van der Waals surface area contributed by atoms with Crippen LogP contribution in [0.3, 0.4) is 0 Å². The molecule has 2 rings (SSSR count). The number of hydrogen-bond donors (Lipinski definition) is 1. The van der Waals surface area contributed by atoms with E-state index in [1.807, 2.05) is 6.07 Å². The second kappa shape index (κ2) is 5.14. The van der Waals surface area contributed by atoms with Gasteiger partial charge in [-0.3, -0.25) is 4.39 Å². The number of aryl methyl sites for hydroxylation is 1. The summed E-state index contributed by atoms with van der Waals surface area (Å²) in [5, 5.41) is 0. The van der Waals surface area contributed by atoms with E-state index in [0.717, 1.165) is 12.8 Å². The van der Waals surface area contributed by atoms with E-state index in [4.69, 9.17) is 5.73 Å². The number of alkyl halides is 1. The van der Waals surface area contributed by atoms with Gasteiger partial charge in [0.2, 0.25) is 0 Å². The van der Waals surface area contributed by atoms with Crippen molar-refractivity contribution < 1.29 is 4.39 Å². The van der Waals surface area contributed by atoms with Crippen LogP contribution in [0.2, 0.25) is 0 Å². The van der Waals surface area contributed by atoms with Crippen LogP contribution in [0.1, 0.15) is 29.9 Å². The van der Waals surface area contributed by atoms with Gasteiger partial charge in [0.25, 0.3) is 0 Å². The topological polar surface area (TPSA) is 26.0 Å². The molecule has 0 amide bonds. The normalized spacial score (nSPS) is 19.8. The monoisotopic (exact) mass is 217 g/mol. The van der Waals surface area contributed by atoms with Crippen molar-refractivity contribution in [1.29, 1.82) is 0 Å². The molecular weight excluding hydrogens is 201 g/mol. The van der Waals surface area contributed by atoms with Gasteiger partial charge in [-0.05, 0) is 24.0 Å². The summed E-state index contributed by atoms with van der Waals surface area (Å²) in [4.78, 5) is 0. The van der Waals surface area contributed by atoms with Crippen LogP contribution in [0.15, 0.2) is 24.3 Å². The van der Waals surface area contributed by atoms with Crippen LogP contribution >= 0.6 is 0 Å². The summed E-state index contributed by atoms with van der Waals surface area (Å²) in [6.07, 6.45) is 2.49. The molecular formula is C14H16FN. The molecule has 84 valence electrons. The zero-order chi connectivity index (χ0) is 11.4. The largest absolute Gasteiger partial charge is 0.318 e. The average molecular weight is 217 g/mol. The zero-order valence-corrected chi connectivity index (χ0v) is 9.25. The van der Waals surface area contributed by atoms with Crippen molar-refractivity contribution in [3.63, 3.8) is 0 Å². The Hall–Kier alpha value is -1.33. The Bertz CT molecular complexity index is 416. The van der Waals surface area contributed by atoms with Gasteiger partial charge in [-0.2, -0.15) is 0 Å². The number of hydrogen-bond acceptors (Lipinski definition) is 1. The van der Waals surface area contributed by atoms with Gasteiger partial charge < -0.3 is 5.73 Å². The molecule has 1 aliphatic rings. The summed E-state index contributed by atoms with van der Waals surface area (Å²) in [5.41, 5.74) is 8.38. The highest BCUT2D eigenvalue weighted by Gasteiger charge is 2.19. The summed E-state index contributed by atoms with van der Waals surface area (Å²) in [7, 11) is 0. The lowest BCUT2D eigenvalue weighted by Crippen LogP contribution is -2.18. The molecule has 0 spiro atoms. The second-order valence-corrected chi connectivity index (χ2v) is 4.16. The Balaban J connectivity index is 2.08. The highest BCUT2D eigenvalue weighted by molar-refractivity contribution is 5.40. The van der Waals surface area contributed by atoms with Gasteiger partial charge in [-0.1, -0.05) is 36.1 Å². The molecule has 1 nitrogen and oxygen atoms in total. The molecule has 2 heteroatoms. The maximum atomic E-state index is 12.0. The van der Waals surface area contributed by atoms with Gasteiger partial charge in [0.1, 0.15) is 0 Å². The third-order valence-electron chi connectivity index (χ3n) is 3.00. The van der Waals surface area contributed by atoms with Crippen molar-refractivity contribution in [3.05, 3.63) is 35.4 Å².